The summed E-state index contributed by atoms with van der Waals surface area (Å²) in [6.45, 7) is 0. The van der Waals surface area contributed by atoms with E-state index in [9.17, 15) is 9.59 Å². The number of benzene rings is 1. The minimum atomic E-state index is -0.341. The van der Waals surface area contributed by atoms with Crippen molar-refractivity contribution in [3.05, 3.63) is 42.0 Å². The van der Waals surface area contributed by atoms with Crippen LogP contribution in [0, 0.1) is 5.92 Å². The van der Waals surface area contributed by atoms with Crippen molar-refractivity contribution in [1.82, 2.24) is 5.32 Å². The fourth-order valence-corrected chi connectivity index (χ4v) is 2.44. The molecule has 2 amide bonds. The molecule has 0 aliphatic heterocycles. The van der Waals surface area contributed by atoms with Crippen LogP contribution in [0.3, 0.4) is 0 Å². The molecule has 1 aromatic carbocycles. The molecular weight excluding hydrogens is 238 g/mol. The van der Waals surface area contributed by atoms with E-state index in [1.165, 1.54) is 18.9 Å². The van der Waals surface area contributed by atoms with E-state index < -0.39 is 0 Å². The van der Waals surface area contributed by atoms with Crippen LogP contribution in [0.2, 0.25) is 0 Å². The van der Waals surface area contributed by atoms with Gasteiger partial charge in [-0.25, -0.2) is 0 Å². The van der Waals surface area contributed by atoms with Crippen LogP contribution in [0.4, 0.5) is 0 Å². The van der Waals surface area contributed by atoms with Crippen LogP contribution in [0.25, 0.3) is 6.08 Å². The smallest absolute Gasteiger partial charge is 0.250 e. The van der Waals surface area contributed by atoms with Gasteiger partial charge in [-0.15, -0.1) is 0 Å². The molecule has 0 spiro atoms. The highest BCUT2D eigenvalue weighted by atomic mass is 16.2. The first-order valence-electron chi connectivity index (χ1n) is 6.81. The zero-order valence-corrected chi connectivity index (χ0v) is 11.0. The number of amides is 2. The molecule has 0 heterocycles. The molecule has 0 aromatic heterocycles. The largest absolute Gasteiger partial charge is 0.293 e. The first kappa shape index (κ1) is 13.5. The molecule has 1 aliphatic rings. The van der Waals surface area contributed by atoms with Crippen molar-refractivity contribution >= 4 is 17.9 Å². The van der Waals surface area contributed by atoms with E-state index in [0.717, 1.165) is 18.4 Å². The van der Waals surface area contributed by atoms with E-state index in [0.29, 0.717) is 12.3 Å². The van der Waals surface area contributed by atoms with Crippen molar-refractivity contribution in [3.63, 3.8) is 0 Å². The van der Waals surface area contributed by atoms with Crippen molar-refractivity contribution in [2.45, 2.75) is 32.1 Å². The minimum Gasteiger partial charge on any atom is -0.293 e. The topological polar surface area (TPSA) is 46.2 Å². The van der Waals surface area contributed by atoms with Gasteiger partial charge in [0.1, 0.15) is 0 Å². The first-order valence-corrected chi connectivity index (χ1v) is 6.81. The van der Waals surface area contributed by atoms with Crippen molar-refractivity contribution < 1.29 is 9.59 Å². The van der Waals surface area contributed by atoms with Crippen molar-refractivity contribution in [2.24, 2.45) is 5.92 Å². The highest BCUT2D eigenvalue weighted by molar-refractivity contribution is 6.02. The number of carbonyl (C=O) groups is 2. The summed E-state index contributed by atoms with van der Waals surface area (Å²) < 4.78 is 0. The fraction of sp³-hybridized carbons (Fsp3) is 0.375. The molecule has 100 valence electrons. The Morgan fingerprint density at radius 1 is 1.16 bits per heavy atom. The minimum absolute atomic E-state index is 0.158. The lowest BCUT2D eigenvalue weighted by molar-refractivity contribution is -0.128. The number of hydrogen-bond donors (Lipinski definition) is 1. The molecule has 1 N–H and O–H groups in total. The Bertz CT molecular complexity index is 459. The average Bonchev–Trinajstić information content (AvgIpc) is 2.90. The molecule has 19 heavy (non-hydrogen) atoms. The molecule has 1 fully saturated rings. The zero-order chi connectivity index (χ0) is 13.5. The number of imide groups is 1. The Morgan fingerprint density at radius 2 is 1.84 bits per heavy atom. The average molecular weight is 257 g/mol. The zero-order valence-electron chi connectivity index (χ0n) is 11.0. The summed E-state index contributed by atoms with van der Waals surface area (Å²) in [5.74, 6) is -0.0348. The van der Waals surface area contributed by atoms with Gasteiger partial charge in [-0.2, -0.15) is 0 Å². The van der Waals surface area contributed by atoms with Gasteiger partial charge in [0.25, 0.3) is 5.91 Å². The van der Waals surface area contributed by atoms with E-state index >= 15 is 0 Å². The maximum Gasteiger partial charge on any atom is 0.250 e. The molecular formula is C16H19NO2. The molecule has 1 aromatic rings. The second-order valence-corrected chi connectivity index (χ2v) is 5.01. The van der Waals surface area contributed by atoms with Crippen LogP contribution in [0.5, 0.6) is 0 Å². The monoisotopic (exact) mass is 257 g/mol. The van der Waals surface area contributed by atoms with E-state index in [1.807, 2.05) is 30.3 Å². The number of nitrogens with one attached hydrogen (secondary N) is 1. The predicted molar refractivity (Wildman–Crippen MR) is 75.2 cm³/mol. The summed E-state index contributed by atoms with van der Waals surface area (Å²) in [4.78, 5) is 23.2. The van der Waals surface area contributed by atoms with Gasteiger partial charge in [-0.3, -0.25) is 14.9 Å². The van der Waals surface area contributed by atoms with Crippen LogP contribution < -0.4 is 5.32 Å². The lowest BCUT2D eigenvalue weighted by atomic mass is 10.0. The van der Waals surface area contributed by atoms with Crippen LogP contribution in [0.15, 0.2) is 36.4 Å². The Kier molecular flexibility index (Phi) is 4.90. The number of hydrogen-bond acceptors (Lipinski definition) is 2. The molecule has 0 radical (unpaired) electrons. The summed E-state index contributed by atoms with van der Waals surface area (Å²) in [5.41, 5.74) is 0.945. The lowest BCUT2D eigenvalue weighted by Crippen LogP contribution is -2.29. The Labute approximate surface area is 113 Å². The Balaban J connectivity index is 1.77. The highest BCUT2D eigenvalue weighted by Gasteiger charge is 2.18. The molecule has 2 rings (SSSR count). The summed E-state index contributed by atoms with van der Waals surface area (Å²) in [5, 5.41) is 2.41. The molecule has 0 unspecified atom stereocenters. The predicted octanol–water partition coefficient (Wildman–Crippen LogP) is 2.92. The number of carbonyl (C=O) groups excluding carboxylic acids is 2. The molecule has 3 nitrogen and oxygen atoms in total. The molecule has 3 heteroatoms. The molecule has 0 atom stereocenters. The highest BCUT2D eigenvalue weighted by Crippen LogP contribution is 2.27. The van der Waals surface area contributed by atoms with E-state index in [4.69, 9.17) is 0 Å². The van der Waals surface area contributed by atoms with Gasteiger partial charge in [0.2, 0.25) is 5.91 Å². The van der Waals surface area contributed by atoms with Gasteiger partial charge in [0, 0.05) is 12.5 Å². The normalized spacial score (nSPS) is 15.8. The maximum absolute atomic E-state index is 11.7. The van der Waals surface area contributed by atoms with Crippen LogP contribution in [-0.4, -0.2) is 11.8 Å². The second kappa shape index (κ2) is 6.88. The van der Waals surface area contributed by atoms with Crippen molar-refractivity contribution in [2.75, 3.05) is 0 Å². The van der Waals surface area contributed by atoms with Crippen LogP contribution >= 0.6 is 0 Å². The van der Waals surface area contributed by atoms with Crippen molar-refractivity contribution in [1.29, 1.82) is 0 Å². The third-order valence-corrected chi connectivity index (χ3v) is 3.44. The summed E-state index contributed by atoms with van der Waals surface area (Å²) in [6.07, 6.45) is 8.23. The summed E-state index contributed by atoms with van der Waals surface area (Å²) >= 11 is 0. The second-order valence-electron chi connectivity index (χ2n) is 5.01. The van der Waals surface area contributed by atoms with Crippen molar-refractivity contribution in [3.8, 4) is 0 Å². The van der Waals surface area contributed by atoms with Gasteiger partial charge < -0.3 is 0 Å². The van der Waals surface area contributed by atoms with Gasteiger partial charge in [-0.1, -0.05) is 43.2 Å². The fourth-order valence-electron chi connectivity index (χ4n) is 2.44. The molecule has 1 aliphatic carbocycles. The molecule has 0 bridgehead atoms. The van der Waals surface area contributed by atoms with E-state index in [-0.39, 0.29) is 11.8 Å². The molecule has 1 saturated carbocycles. The Hall–Kier alpha value is -1.90. The van der Waals surface area contributed by atoms with Crippen LogP contribution in [0.1, 0.15) is 37.7 Å². The third kappa shape index (κ3) is 4.70. The third-order valence-electron chi connectivity index (χ3n) is 3.44. The van der Waals surface area contributed by atoms with E-state index in [2.05, 4.69) is 5.32 Å². The van der Waals surface area contributed by atoms with Gasteiger partial charge in [-0.05, 0) is 30.4 Å². The molecule has 0 saturated heterocycles. The SMILES string of the molecule is O=C(/C=C/c1ccccc1)NC(=O)CC1CCCC1. The summed E-state index contributed by atoms with van der Waals surface area (Å²) in [6, 6.07) is 9.54. The van der Waals surface area contributed by atoms with Gasteiger partial charge in [0.05, 0.1) is 0 Å². The van der Waals surface area contributed by atoms with E-state index in [1.54, 1.807) is 6.08 Å². The van der Waals surface area contributed by atoms with Gasteiger partial charge in [0.15, 0.2) is 0 Å². The quantitative estimate of drug-likeness (QED) is 0.843. The van der Waals surface area contributed by atoms with Gasteiger partial charge >= 0.3 is 0 Å². The number of rotatable bonds is 4. The maximum atomic E-state index is 11.7. The lowest BCUT2D eigenvalue weighted by Gasteiger charge is -2.07. The summed E-state index contributed by atoms with van der Waals surface area (Å²) in [7, 11) is 0. The standard InChI is InChI=1S/C16H19NO2/c18-15(11-10-13-6-2-1-3-7-13)17-16(19)12-14-8-4-5-9-14/h1-3,6-7,10-11,14H,4-5,8-9,12H2,(H,17,18,19)/b11-10+. The Morgan fingerprint density at radius 3 is 2.53 bits per heavy atom. The van der Waals surface area contributed by atoms with Crippen LogP contribution in [-0.2, 0) is 9.59 Å². The first-order chi connectivity index (χ1) is 9.24.